The van der Waals surface area contributed by atoms with E-state index in [-0.39, 0.29) is 39.5 Å². The van der Waals surface area contributed by atoms with E-state index in [1.165, 1.54) is 6.92 Å². The molecular formula is C37H34O8. The topological polar surface area (TPSA) is 105 Å². The van der Waals surface area contributed by atoms with Gasteiger partial charge in [-0.2, -0.15) is 0 Å². The zero-order valence-corrected chi connectivity index (χ0v) is 25.7. The van der Waals surface area contributed by atoms with Gasteiger partial charge in [-0.05, 0) is 74.7 Å². The van der Waals surface area contributed by atoms with Crippen molar-refractivity contribution in [2.75, 3.05) is 0 Å². The Bertz CT molecular complexity index is 1720. The van der Waals surface area contributed by atoms with Crippen LogP contribution < -0.4 is 18.9 Å². The fourth-order valence-corrected chi connectivity index (χ4v) is 3.53. The Kier molecular flexibility index (Phi) is 11.3. The van der Waals surface area contributed by atoms with Crippen molar-refractivity contribution in [3.05, 3.63) is 120 Å². The zero-order valence-electron chi connectivity index (χ0n) is 25.7. The van der Waals surface area contributed by atoms with Crippen LogP contribution in [0.15, 0.2) is 109 Å². The van der Waals surface area contributed by atoms with Crippen LogP contribution in [0.2, 0.25) is 0 Å². The highest BCUT2D eigenvalue weighted by Gasteiger charge is 2.19. The molecule has 230 valence electrons. The average molecular weight is 607 g/mol. The molecule has 8 nitrogen and oxygen atoms in total. The summed E-state index contributed by atoms with van der Waals surface area (Å²) in [4.78, 5) is 49.2. The van der Waals surface area contributed by atoms with Gasteiger partial charge in [0.15, 0.2) is 0 Å². The Morgan fingerprint density at radius 3 is 1.56 bits per heavy atom. The summed E-state index contributed by atoms with van der Waals surface area (Å²) in [7, 11) is 0. The summed E-state index contributed by atoms with van der Waals surface area (Å²) in [5.74, 6) is -1.37. The molecule has 0 unspecified atom stereocenters. The number of carbonyl (C=O) groups is 4. The highest BCUT2D eigenvalue weighted by atomic mass is 16.5. The Hall–Kier alpha value is -5.76. The normalized spacial score (nSPS) is 10.5. The monoisotopic (exact) mass is 606 g/mol. The molecule has 0 saturated heterocycles. The van der Waals surface area contributed by atoms with Crippen molar-refractivity contribution in [1.82, 2.24) is 0 Å². The first kappa shape index (κ1) is 33.7. The van der Waals surface area contributed by atoms with Crippen LogP contribution in [0.4, 0.5) is 0 Å². The van der Waals surface area contributed by atoms with Gasteiger partial charge < -0.3 is 18.9 Å². The molecule has 0 fully saturated rings. The average Bonchev–Trinajstić information content (AvgIpc) is 3.01. The van der Waals surface area contributed by atoms with Crippen LogP contribution in [0, 0.1) is 0 Å². The van der Waals surface area contributed by atoms with Gasteiger partial charge in [0.2, 0.25) is 0 Å². The summed E-state index contributed by atoms with van der Waals surface area (Å²) in [6.07, 6.45) is 3.83. The van der Waals surface area contributed by atoms with Crippen LogP contribution in [0.5, 0.6) is 23.0 Å². The lowest BCUT2D eigenvalue weighted by Gasteiger charge is -2.16. The number of carbonyl (C=O) groups excluding carboxylic acids is 4. The zero-order chi connectivity index (χ0) is 33.3. The summed E-state index contributed by atoms with van der Waals surface area (Å²) >= 11 is 0. The van der Waals surface area contributed by atoms with E-state index >= 15 is 0 Å². The summed E-state index contributed by atoms with van der Waals surface area (Å²) in [5, 5.41) is 0. The van der Waals surface area contributed by atoms with Crippen LogP contribution in [0.3, 0.4) is 0 Å². The molecule has 0 aromatic heterocycles. The second-order valence-corrected chi connectivity index (χ2v) is 10.2. The molecule has 0 heterocycles. The molecule has 0 aliphatic carbocycles. The van der Waals surface area contributed by atoms with Gasteiger partial charge >= 0.3 is 23.9 Å². The number of rotatable bonds is 12. The van der Waals surface area contributed by atoms with Crippen molar-refractivity contribution in [2.45, 2.75) is 34.1 Å². The molecule has 3 rings (SSSR count). The van der Waals surface area contributed by atoms with Gasteiger partial charge in [-0.25, -0.2) is 19.2 Å². The first-order valence-corrected chi connectivity index (χ1v) is 13.9. The van der Waals surface area contributed by atoms with E-state index in [1.54, 1.807) is 93.6 Å². The SMILES string of the molecule is C=C(C)C(=O)Oc1ccc(/C=C/c2cc(OC(=O)C(=C)C)c(-c3ccc(OC(=O)C(=C)C)cc3)cc2OC(=O)C(=C)CC)cc1. The maximum absolute atomic E-state index is 12.8. The van der Waals surface area contributed by atoms with Crippen LogP contribution in [0.25, 0.3) is 23.3 Å². The summed E-state index contributed by atoms with van der Waals surface area (Å²) in [6, 6.07) is 16.4. The molecule has 0 aliphatic heterocycles. The quantitative estimate of drug-likeness (QED) is 0.0889. The first-order valence-electron chi connectivity index (χ1n) is 13.9. The lowest BCUT2D eigenvalue weighted by molar-refractivity contribution is -0.131. The minimum Gasteiger partial charge on any atom is -0.423 e. The van der Waals surface area contributed by atoms with Crippen molar-refractivity contribution in [3.63, 3.8) is 0 Å². The summed E-state index contributed by atoms with van der Waals surface area (Å²) in [6.45, 7) is 21.0. The predicted molar refractivity (Wildman–Crippen MR) is 174 cm³/mol. The standard InChI is InChI=1S/C37H34O8/c1-9-25(8)37(41)44-32-21-31(27-14-18-30(19-15-27)43-35(39)23(4)5)33(45-36(40)24(6)7)20-28(32)13-10-26-11-16-29(17-12-26)42-34(38)22(2)3/h10-21H,2,4,6,8-9H2,1,3,5,7H3/b13-10+. The van der Waals surface area contributed by atoms with Crippen LogP contribution in [0.1, 0.15) is 45.2 Å². The molecule has 0 N–H and O–H groups in total. The van der Waals surface area contributed by atoms with Gasteiger partial charge in [0.25, 0.3) is 0 Å². The van der Waals surface area contributed by atoms with Gasteiger partial charge in [-0.15, -0.1) is 0 Å². The molecule has 3 aromatic carbocycles. The van der Waals surface area contributed by atoms with E-state index in [9.17, 15) is 19.2 Å². The minimum absolute atomic E-state index is 0.172. The van der Waals surface area contributed by atoms with Crippen LogP contribution in [-0.4, -0.2) is 23.9 Å². The Labute approximate surface area is 262 Å². The largest absolute Gasteiger partial charge is 0.423 e. The molecule has 0 aliphatic rings. The Morgan fingerprint density at radius 2 is 1.07 bits per heavy atom. The van der Waals surface area contributed by atoms with Gasteiger partial charge in [-0.1, -0.05) is 69.7 Å². The second-order valence-electron chi connectivity index (χ2n) is 10.2. The molecule has 0 spiro atoms. The Morgan fingerprint density at radius 1 is 0.600 bits per heavy atom. The molecule has 0 amide bonds. The molecule has 0 bridgehead atoms. The number of esters is 4. The lowest BCUT2D eigenvalue weighted by atomic mass is 10.0. The molecule has 0 radical (unpaired) electrons. The maximum atomic E-state index is 12.8. The lowest BCUT2D eigenvalue weighted by Crippen LogP contribution is -2.12. The third-order valence-electron chi connectivity index (χ3n) is 6.20. The third kappa shape index (κ3) is 9.36. The first-order chi connectivity index (χ1) is 21.3. The molecular weight excluding hydrogens is 572 g/mol. The van der Waals surface area contributed by atoms with Gasteiger partial charge in [0, 0.05) is 33.4 Å². The van der Waals surface area contributed by atoms with Crippen LogP contribution in [-0.2, 0) is 19.2 Å². The van der Waals surface area contributed by atoms with Gasteiger partial charge in [0.05, 0.1) is 0 Å². The molecule has 3 aromatic rings. The van der Waals surface area contributed by atoms with Gasteiger partial charge in [-0.3, -0.25) is 0 Å². The number of ether oxygens (including phenoxy) is 4. The smallest absolute Gasteiger partial charge is 0.338 e. The molecule has 0 saturated carbocycles. The van der Waals surface area contributed by atoms with Crippen molar-refractivity contribution >= 4 is 36.0 Å². The van der Waals surface area contributed by atoms with E-state index in [0.29, 0.717) is 28.9 Å². The third-order valence-corrected chi connectivity index (χ3v) is 6.20. The maximum Gasteiger partial charge on any atom is 0.338 e. The fraction of sp³-hybridized carbons (Fsp3) is 0.135. The van der Waals surface area contributed by atoms with Crippen molar-refractivity contribution in [2.24, 2.45) is 0 Å². The number of hydrogen-bond donors (Lipinski definition) is 0. The van der Waals surface area contributed by atoms with Crippen molar-refractivity contribution in [3.8, 4) is 34.1 Å². The highest BCUT2D eigenvalue weighted by Crippen LogP contribution is 2.39. The van der Waals surface area contributed by atoms with E-state index in [4.69, 9.17) is 18.9 Å². The number of benzene rings is 3. The van der Waals surface area contributed by atoms with Crippen LogP contribution >= 0.6 is 0 Å². The minimum atomic E-state index is -0.651. The van der Waals surface area contributed by atoms with E-state index in [1.807, 2.05) is 0 Å². The highest BCUT2D eigenvalue weighted by molar-refractivity contribution is 5.93. The van der Waals surface area contributed by atoms with E-state index in [2.05, 4.69) is 26.3 Å². The molecule has 45 heavy (non-hydrogen) atoms. The molecule has 0 atom stereocenters. The van der Waals surface area contributed by atoms with Crippen molar-refractivity contribution in [1.29, 1.82) is 0 Å². The second kappa shape index (κ2) is 15.1. The van der Waals surface area contributed by atoms with E-state index < -0.39 is 23.9 Å². The number of hydrogen-bond acceptors (Lipinski definition) is 8. The van der Waals surface area contributed by atoms with Gasteiger partial charge in [0.1, 0.15) is 23.0 Å². The summed E-state index contributed by atoms with van der Waals surface area (Å²) < 4.78 is 22.0. The Balaban J connectivity index is 2.10. The fourth-order valence-electron chi connectivity index (χ4n) is 3.53. The predicted octanol–water partition coefficient (Wildman–Crippen LogP) is 7.84. The van der Waals surface area contributed by atoms with E-state index in [0.717, 1.165) is 5.56 Å². The summed E-state index contributed by atoms with van der Waals surface area (Å²) in [5.41, 5.74) is 3.15. The molecule has 8 heteroatoms. The van der Waals surface area contributed by atoms with Crippen molar-refractivity contribution < 1.29 is 38.1 Å².